The molecule has 1 heterocycles. The van der Waals surface area contributed by atoms with Gasteiger partial charge in [0.05, 0.1) is 12.3 Å². The Labute approximate surface area is 157 Å². The second-order valence-corrected chi connectivity index (χ2v) is 6.09. The SMILES string of the molecule is C[C@@H](NC(=O)NCc1ccc(NC(=O)c2ccco2)cc1)c1ccccc1. The van der Waals surface area contributed by atoms with Crippen LogP contribution in [-0.2, 0) is 6.54 Å². The van der Waals surface area contributed by atoms with Gasteiger partial charge in [-0.3, -0.25) is 4.79 Å². The lowest BCUT2D eigenvalue weighted by molar-refractivity contribution is 0.0996. The molecule has 1 atom stereocenters. The number of carbonyl (C=O) groups excluding carboxylic acids is 2. The Bertz CT molecular complexity index is 875. The molecule has 0 aliphatic heterocycles. The van der Waals surface area contributed by atoms with Crippen molar-refractivity contribution in [1.29, 1.82) is 0 Å². The van der Waals surface area contributed by atoms with Crippen LogP contribution in [0.1, 0.15) is 34.6 Å². The van der Waals surface area contributed by atoms with Crippen molar-refractivity contribution in [3.8, 4) is 0 Å². The quantitative estimate of drug-likeness (QED) is 0.617. The standard InChI is InChI=1S/C21H21N3O3/c1-15(17-6-3-2-4-7-17)23-21(26)22-14-16-9-11-18(12-10-16)24-20(25)19-8-5-13-27-19/h2-13,15H,14H2,1H3,(H,24,25)(H2,22,23,26)/t15-/m1/s1. The number of hydrogen-bond acceptors (Lipinski definition) is 3. The molecule has 1 aromatic heterocycles. The highest BCUT2D eigenvalue weighted by molar-refractivity contribution is 6.02. The first-order chi connectivity index (χ1) is 13.1. The maximum atomic E-state index is 12.1. The molecule has 6 nitrogen and oxygen atoms in total. The molecule has 0 radical (unpaired) electrons. The van der Waals surface area contributed by atoms with Gasteiger partial charge in [0, 0.05) is 12.2 Å². The largest absolute Gasteiger partial charge is 0.459 e. The van der Waals surface area contributed by atoms with Gasteiger partial charge in [-0.15, -0.1) is 0 Å². The van der Waals surface area contributed by atoms with Crippen LogP contribution >= 0.6 is 0 Å². The van der Waals surface area contributed by atoms with Crippen LogP contribution < -0.4 is 16.0 Å². The number of anilines is 1. The molecule has 0 unspecified atom stereocenters. The first kappa shape index (κ1) is 18.3. The minimum atomic E-state index is -0.305. The Morgan fingerprint density at radius 2 is 1.70 bits per heavy atom. The fourth-order valence-corrected chi connectivity index (χ4v) is 2.56. The van der Waals surface area contributed by atoms with Crippen molar-refractivity contribution < 1.29 is 14.0 Å². The Kier molecular flexibility index (Phi) is 5.89. The summed E-state index contributed by atoms with van der Waals surface area (Å²) in [5.74, 6) is -0.0508. The molecule has 2 aromatic carbocycles. The molecule has 0 aliphatic rings. The predicted octanol–water partition coefficient (Wildman–Crippen LogP) is 4.09. The van der Waals surface area contributed by atoms with E-state index in [1.807, 2.05) is 49.4 Å². The number of rotatable bonds is 6. The van der Waals surface area contributed by atoms with E-state index in [-0.39, 0.29) is 23.7 Å². The second kappa shape index (κ2) is 8.71. The summed E-state index contributed by atoms with van der Waals surface area (Å²) in [4.78, 5) is 24.0. The molecule has 0 saturated heterocycles. The summed E-state index contributed by atoms with van der Waals surface area (Å²) >= 11 is 0. The van der Waals surface area contributed by atoms with Crippen molar-refractivity contribution >= 4 is 17.6 Å². The van der Waals surface area contributed by atoms with Crippen molar-refractivity contribution in [2.24, 2.45) is 0 Å². The van der Waals surface area contributed by atoms with Gasteiger partial charge >= 0.3 is 6.03 Å². The minimum absolute atomic E-state index is 0.0783. The predicted molar refractivity (Wildman–Crippen MR) is 103 cm³/mol. The van der Waals surface area contributed by atoms with Gasteiger partial charge in [0.25, 0.3) is 5.91 Å². The van der Waals surface area contributed by atoms with E-state index >= 15 is 0 Å². The number of benzene rings is 2. The van der Waals surface area contributed by atoms with Gasteiger partial charge in [0.2, 0.25) is 0 Å². The van der Waals surface area contributed by atoms with E-state index in [9.17, 15) is 9.59 Å². The third-order valence-corrected chi connectivity index (χ3v) is 4.06. The molecule has 3 N–H and O–H groups in total. The summed E-state index contributed by atoms with van der Waals surface area (Å²) in [6.45, 7) is 2.32. The molecule has 3 amide bonds. The lowest BCUT2D eigenvalue weighted by atomic mass is 10.1. The third-order valence-electron chi connectivity index (χ3n) is 4.06. The van der Waals surface area contributed by atoms with E-state index < -0.39 is 0 Å². The van der Waals surface area contributed by atoms with E-state index in [1.54, 1.807) is 24.3 Å². The van der Waals surface area contributed by atoms with Crippen LogP contribution in [0.4, 0.5) is 10.5 Å². The zero-order valence-corrected chi connectivity index (χ0v) is 14.9. The van der Waals surface area contributed by atoms with Crippen molar-refractivity contribution in [2.75, 3.05) is 5.32 Å². The molecule has 0 spiro atoms. The van der Waals surface area contributed by atoms with Gasteiger partial charge in [0.1, 0.15) is 0 Å². The fourth-order valence-electron chi connectivity index (χ4n) is 2.56. The Hall–Kier alpha value is -3.54. The minimum Gasteiger partial charge on any atom is -0.459 e. The van der Waals surface area contributed by atoms with Crippen molar-refractivity contribution in [1.82, 2.24) is 10.6 Å². The zero-order chi connectivity index (χ0) is 19.1. The average molecular weight is 363 g/mol. The molecule has 27 heavy (non-hydrogen) atoms. The van der Waals surface area contributed by atoms with Crippen LogP contribution in [0.15, 0.2) is 77.4 Å². The lowest BCUT2D eigenvalue weighted by Gasteiger charge is -2.15. The van der Waals surface area contributed by atoms with Crippen molar-refractivity contribution in [3.05, 3.63) is 89.9 Å². The van der Waals surface area contributed by atoms with Gasteiger partial charge in [-0.05, 0) is 42.3 Å². The highest BCUT2D eigenvalue weighted by atomic mass is 16.3. The smallest absolute Gasteiger partial charge is 0.315 e. The van der Waals surface area contributed by atoms with Gasteiger partial charge < -0.3 is 20.4 Å². The maximum absolute atomic E-state index is 12.1. The zero-order valence-electron chi connectivity index (χ0n) is 14.9. The monoisotopic (exact) mass is 363 g/mol. The Morgan fingerprint density at radius 3 is 2.37 bits per heavy atom. The van der Waals surface area contributed by atoms with Crippen molar-refractivity contribution in [2.45, 2.75) is 19.5 Å². The lowest BCUT2D eigenvalue weighted by Crippen LogP contribution is -2.36. The number of urea groups is 1. The normalized spacial score (nSPS) is 11.4. The van der Waals surface area contributed by atoms with Gasteiger partial charge in [-0.1, -0.05) is 42.5 Å². The number of carbonyl (C=O) groups is 2. The van der Waals surface area contributed by atoms with Gasteiger partial charge in [0.15, 0.2) is 5.76 Å². The molecule has 0 bridgehead atoms. The van der Waals surface area contributed by atoms with Crippen LogP contribution in [0, 0.1) is 0 Å². The van der Waals surface area contributed by atoms with Gasteiger partial charge in [-0.25, -0.2) is 4.79 Å². The number of furan rings is 1. The van der Waals surface area contributed by atoms with E-state index in [0.29, 0.717) is 12.2 Å². The fraction of sp³-hybridized carbons (Fsp3) is 0.143. The molecule has 6 heteroatoms. The summed E-state index contributed by atoms with van der Waals surface area (Å²) < 4.78 is 5.05. The van der Waals surface area contributed by atoms with Crippen LogP contribution in [0.25, 0.3) is 0 Å². The third kappa shape index (κ3) is 5.22. The molecule has 0 saturated carbocycles. The molecule has 3 aromatic rings. The van der Waals surface area contributed by atoms with E-state index in [0.717, 1.165) is 11.1 Å². The van der Waals surface area contributed by atoms with Crippen LogP contribution in [-0.4, -0.2) is 11.9 Å². The summed E-state index contributed by atoms with van der Waals surface area (Å²) in [7, 11) is 0. The van der Waals surface area contributed by atoms with E-state index in [4.69, 9.17) is 4.42 Å². The molecule has 3 rings (SSSR count). The van der Waals surface area contributed by atoms with Crippen molar-refractivity contribution in [3.63, 3.8) is 0 Å². The highest BCUT2D eigenvalue weighted by Crippen LogP contribution is 2.13. The molecule has 138 valence electrons. The van der Waals surface area contributed by atoms with Crippen LogP contribution in [0.3, 0.4) is 0 Å². The summed E-state index contributed by atoms with van der Waals surface area (Å²) in [5, 5.41) is 8.48. The van der Waals surface area contributed by atoms with E-state index in [1.165, 1.54) is 6.26 Å². The first-order valence-electron chi connectivity index (χ1n) is 8.65. The molecule has 0 fully saturated rings. The number of nitrogens with one attached hydrogen (secondary N) is 3. The Balaban J connectivity index is 1.47. The van der Waals surface area contributed by atoms with Crippen LogP contribution in [0.2, 0.25) is 0 Å². The summed E-state index contributed by atoms with van der Waals surface area (Å²) in [5.41, 5.74) is 2.63. The topological polar surface area (TPSA) is 83.4 Å². The van der Waals surface area contributed by atoms with Crippen LogP contribution in [0.5, 0.6) is 0 Å². The van der Waals surface area contributed by atoms with Gasteiger partial charge in [-0.2, -0.15) is 0 Å². The molecule has 0 aliphatic carbocycles. The molecular formula is C21H21N3O3. The maximum Gasteiger partial charge on any atom is 0.315 e. The number of hydrogen-bond donors (Lipinski definition) is 3. The average Bonchev–Trinajstić information content (AvgIpc) is 3.23. The summed E-state index contributed by atoms with van der Waals surface area (Å²) in [6, 6.07) is 20.0. The number of amides is 3. The van der Waals surface area contributed by atoms with E-state index in [2.05, 4.69) is 16.0 Å². The Morgan fingerprint density at radius 1 is 0.963 bits per heavy atom. The second-order valence-electron chi connectivity index (χ2n) is 6.09. The molecular weight excluding hydrogens is 342 g/mol. The summed E-state index contributed by atoms with van der Waals surface area (Å²) in [6.07, 6.45) is 1.45. The highest BCUT2D eigenvalue weighted by Gasteiger charge is 2.10. The first-order valence-corrected chi connectivity index (χ1v) is 8.65.